The fourth-order valence-corrected chi connectivity index (χ4v) is 1.61. The normalized spacial score (nSPS) is 15.2. The van der Waals surface area contributed by atoms with E-state index in [1.165, 1.54) is 5.56 Å². The van der Waals surface area contributed by atoms with Gasteiger partial charge in [-0.1, -0.05) is 24.2 Å². The number of azide groups is 1. The Bertz CT molecular complexity index is 396. The van der Waals surface area contributed by atoms with E-state index in [-0.39, 0.29) is 6.04 Å². The van der Waals surface area contributed by atoms with E-state index < -0.39 is 0 Å². The Kier molecular flexibility index (Phi) is 2.29. The molecular weight excluding hydrogens is 178 g/mol. The standard InChI is InChI=1S/C10H11N3O/c1-7(12-13-11)8-2-3-10-9(6-8)4-5-14-10/h2-3,6-7H,4-5H2,1H3/t7-/m1/s1. The van der Waals surface area contributed by atoms with Crippen molar-refractivity contribution < 1.29 is 4.74 Å². The van der Waals surface area contributed by atoms with Crippen molar-refractivity contribution in [1.82, 2.24) is 0 Å². The molecule has 0 N–H and O–H groups in total. The lowest BCUT2D eigenvalue weighted by Crippen LogP contribution is -1.89. The highest BCUT2D eigenvalue weighted by Crippen LogP contribution is 2.29. The molecule has 2 rings (SSSR count). The molecule has 1 atom stereocenters. The minimum absolute atomic E-state index is 0.106. The molecule has 0 unspecified atom stereocenters. The van der Waals surface area contributed by atoms with Crippen LogP contribution in [0.1, 0.15) is 24.1 Å². The van der Waals surface area contributed by atoms with Crippen molar-refractivity contribution in [2.45, 2.75) is 19.4 Å². The molecule has 0 fully saturated rings. The highest BCUT2D eigenvalue weighted by Gasteiger charge is 2.13. The van der Waals surface area contributed by atoms with Crippen molar-refractivity contribution >= 4 is 0 Å². The van der Waals surface area contributed by atoms with Crippen LogP contribution in [0.25, 0.3) is 10.4 Å². The summed E-state index contributed by atoms with van der Waals surface area (Å²) in [6.45, 7) is 2.64. The van der Waals surface area contributed by atoms with Gasteiger partial charge in [0, 0.05) is 11.3 Å². The zero-order chi connectivity index (χ0) is 9.97. The zero-order valence-corrected chi connectivity index (χ0v) is 7.97. The van der Waals surface area contributed by atoms with E-state index in [0.717, 1.165) is 24.3 Å². The Morgan fingerprint density at radius 1 is 1.57 bits per heavy atom. The first-order valence-electron chi connectivity index (χ1n) is 4.61. The molecule has 0 aromatic heterocycles. The smallest absolute Gasteiger partial charge is 0.122 e. The van der Waals surface area contributed by atoms with Crippen LogP contribution in [-0.4, -0.2) is 6.61 Å². The first kappa shape index (κ1) is 8.91. The van der Waals surface area contributed by atoms with Crippen LogP contribution in [0.3, 0.4) is 0 Å². The quantitative estimate of drug-likeness (QED) is 0.400. The molecule has 0 spiro atoms. The van der Waals surface area contributed by atoms with Crippen molar-refractivity contribution in [1.29, 1.82) is 0 Å². The summed E-state index contributed by atoms with van der Waals surface area (Å²) in [5, 5.41) is 3.66. The summed E-state index contributed by atoms with van der Waals surface area (Å²) >= 11 is 0. The Morgan fingerprint density at radius 2 is 2.43 bits per heavy atom. The van der Waals surface area contributed by atoms with Crippen LogP contribution in [-0.2, 0) is 6.42 Å². The van der Waals surface area contributed by atoms with E-state index >= 15 is 0 Å². The van der Waals surface area contributed by atoms with Crippen molar-refractivity contribution in [3.05, 3.63) is 39.8 Å². The summed E-state index contributed by atoms with van der Waals surface area (Å²) in [5.41, 5.74) is 10.6. The maximum atomic E-state index is 8.33. The van der Waals surface area contributed by atoms with Gasteiger partial charge in [-0.15, -0.1) is 0 Å². The Labute approximate surface area is 82.1 Å². The van der Waals surface area contributed by atoms with E-state index in [4.69, 9.17) is 10.3 Å². The van der Waals surface area contributed by atoms with Crippen LogP contribution in [0.15, 0.2) is 23.3 Å². The molecule has 1 aliphatic rings. The topological polar surface area (TPSA) is 58.0 Å². The average Bonchev–Trinajstić information content (AvgIpc) is 2.64. The minimum Gasteiger partial charge on any atom is -0.493 e. The molecule has 0 amide bonds. The van der Waals surface area contributed by atoms with Gasteiger partial charge in [0.1, 0.15) is 5.75 Å². The van der Waals surface area contributed by atoms with Crippen LogP contribution in [0.5, 0.6) is 5.75 Å². The number of nitrogens with zero attached hydrogens (tertiary/aromatic N) is 3. The summed E-state index contributed by atoms with van der Waals surface area (Å²) in [4.78, 5) is 2.80. The molecule has 0 radical (unpaired) electrons. The third-order valence-corrected chi connectivity index (χ3v) is 2.42. The Balaban J connectivity index is 2.32. The summed E-state index contributed by atoms with van der Waals surface area (Å²) in [6.07, 6.45) is 0.951. The maximum Gasteiger partial charge on any atom is 0.122 e. The number of hydrogen-bond acceptors (Lipinski definition) is 2. The molecule has 0 saturated heterocycles. The zero-order valence-electron chi connectivity index (χ0n) is 7.97. The lowest BCUT2D eigenvalue weighted by molar-refractivity contribution is 0.357. The molecule has 1 aromatic rings. The number of benzene rings is 1. The highest BCUT2D eigenvalue weighted by molar-refractivity contribution is 5.40. The van der Waals surface area contributed by atoms with E-state index in [1.54, 1.807) is 0 Å². The van der Waals surface area contributed by atoms with Crippen LogP contribution >= 0.6 is 0 Å². The average molecular weight is 189 g/mol. The van der Waals surface area contributed by atoms with Crippen LogP contribution < -0.4 is 4.74 Å². The molecule has 0 bridgehead atoms. The summed E-state index contributed by atoms with van der Waals surface area (Å²) < 4.78 is 5.39. The first-order valence-corrected chi connectivity index (χ1v) is 4.61. The molecule has 4 heteroatoms. The molecule has 1 heterocycles. The van der Waals surface area contributed by atoms with Gasteiger partial charge in [0.05, 0.1) is 12.6 Å². The van der Waals surface area contributed by atoms with Crippen LogP contribution in [0.2, 0.25) is 0 Å². The van der Waals surface area contributed by atoms with Crippen molar-refractivity contribution in [2.24, 2.45) is 5.11 Å². The monoisotopic (exact) mass is 189 g/mol. The van der Waals surface area contributed by atoms with Gasteiger partial charge in [0.2, 0.25) is 0 Å². The second-order valence-electron chi connectivity index (χ2n) is 3.35. The molecule has 1 aliphatic heterocycles. The number of fused-ring (bicyclic) bond motifs is 1. The Morgan fingerprint density at radius 3 is 3.21 bits per heavy atom. The van der Waals surface area contributed by atoms with Gasteiger partial charge in [-0.25, -0.2) is 0 Å². The van der Waals surface area contributed by atoms with E-state index in [1.807, 2.05) is 19.1 Å². The molecule has 0 saturated carbocycles. The SMILES string of the molecule is C[C@@H](N=[N+]=[N-])c1ccc2c(c1)CCO2. The molecule has 4 nitrogen and oxygen atoms in total. The minimum atomic E-state index is -0.106. The molecule has 72 valence electrons. The lowest BCUT2D eigenvalue weighted by Gasteiger charge is -2.06. The number of rotatable bonds is 2. The Hall–Kier alpha value is -1.67. The van der Waals surface area contributed by atoms with Crippen molar-refractivity contribution in [2.75, 3.05) is 6.61 Å². The highest BCUT2D eigenvalue weighted by atomic mass is 16.5. The maximum absolute atomic E-state index is 8.33. The first-order chi connectivity index (χ1) is 6.81. The van der Waals surface area contributed by atoms with Gasteiger partial charge in [-0.2, -0.15) is 0 Å². The summed E-state index contributed by atoms with van der Waals surface area (Å²) in [5.74, 6) is 0.960. The second-order valence-corrected chi connectivity index (χ2v) is 3.35. The van der Waals surface area contributed by atoms with Gasteiger partial charge in [-0.3, -0.25) is 0 Å². The number of ether oxygens (including phenoxy) is 1. The van der Waals surface area contributed by atoms with Crippen LogP contribution in [0, 0.1) is 0 Å². The van der Waals surface area contributed by atoms with Gasteiger partial charge >= 0.3 is 0 Å². The molecule has 1 aromatic carbocycles. The van der Waals surface area contributed by atoms with Gasteiger partial charge in [0.25, 0.3) is 0 Å². The predicted molar refractivity (Wildman–Crippen MR) is 53.2 cm³/mol. The lowest BCUT2D eigenvalue weighted by atomic mass is 10.0. The van der Waals surface area contributed by atoms with E-state index in [9.17, 15) is 0 Å². The number of hydrogen-bond donors (Lipinski definition) is 0. The van der Waals surface area contributed by atoms with E-state index in [0.29, 0.717) is 0 Å². The van der Waals surface area contributed by atoms with Crippen molar-refractivity contribution in [3.8, 4) is 5.75 Å². The second kappa shape index (κ2) is 3.60. The molecule has 14 heavy (non-hydrogen) atoms. The molecule has 0 aliphatic carbocycles. The third-order valence-electron chi connectivity index (χ3n) is 2.42. The predicted octanol–water partition coefficient (Wildman–Crippen LogP) is 2.99. The van der Waals surface area contributed by atoms with Gasteiger partial charge < -0.3 is 4.74 Å². The van der Waals surface area contributed by atoms with Gasteiger partial charge in [-0.05, 0) is 22.7 Å². The largest absolute Gasteiger partial charge is 0.493 e. The van der Waals surface area contributed by atoms with E-state index in [2.05, 4.69) is 16.1 Å². The van der Waals surface area contributed by atoms with Crippen molar-refractivity contribution in [3.63, 3.8) is 0 Å². The summed E-state index contributed by atoms with van der Waals surface area (Å²) in [7, 11) is 0. The third kappa shape index (κ3) is 1.52. The van der Waals surface area contributed by atoms with Crippen LogP contribution in [0.4, 0.5) is 0 Å². The summed E-state index contributed by atoms with van der Waals surface area (Å²) in [6, 6.07) is 5.84. The fourth-order valence-electron chi connectivity index (χ4n) is 1.61. The fraction of sp³-hybridized carbons (Fsp3) is 0.400. The molecular formula is C10H11N3O. The van der Waals surface area contributed by atoms with Gasteiger partial charge in [0.15, 0.2) is 0 Å².